The van der Waals surface area contributed by atoms with E-state index in [4.69, 9.17) is 5.73 Å². The van der Waals surface area contributed by atoms with Crippen molar-refractivity contribution in [1.82, 2.24) is 9.38 Å². The molecule has 0 aliphatic carbocycles. The molecular formula is C9H10BrN3. The Morgan fingerprint density at radius 3 is 3.08 bits per heavy atom. The van der Waals surface area contributed by atoms with E-state index >= 15 is 0 Å². The lowest BCUT2D eigenvalue weighted by molar-refractivity contribution is 0.735. The molecule has 1 atom stereocenters. The summed E-state index contributed by atoms with van der Waals surface area (Å²) < 4.78 is 3.03. The van der Waals surface area contributed by atoms with Crippen LogP contribution in [0.1, 0.15) is 18.8 Å². The Balaban J connectivity index is 2.75. The van der Waals surface area contributed by atoms with E-state index in [2.05, 4.69) is 20.9 Å². The largest absolute Gasteiger partial charge is 0.322 e. The highest BCUT2D eigenvalue weighted by Crippen LogP contribution is 2.20. The number of halogens is 1. The maximum atomic E-state index is 5.78. The van der Waals surface area contributed by atoms with Gasteiger partial charge in [0, 0.05) is 10.7 Å². The lowest BCUT2D eigenvalue weighted by Crippen LogP contribution is -2.09. The van der Waals surface area contributed by atoms with Crippen LogP contribution in [0.25, 0.3) is 5.52 Å². The highest BCUT2D eigenvalue weighted by molar-refractivity contribution is 9.10. The molecule has 2 aromatic rings. The van der Waals surface area contributed by atoms with Crippen LogP contribution in [0.3, 0.4) is 0 Å². The zero-order chi connectivity index (χ0) is 9.42. The summed E-state index contributed by atoms with van der Waals surface area (Å²) in [6.45, 7) is 1.93. The summed E-state index contributed by atoms with van der Waals surface area (Å²) >= 11 is 3.46. The minimum Gasteiger partial charge on any atom is -0.322 e. The second-order valence-corrected chi connectivity index (χ2v) is 3.87. The van der Waals surface area contributed by atoms with Crippen molar-refractivity contribution in [2.45, 2.75) is 13.0 Å². The van der Waals surface area contributed by atoms with Crippen molar-refractivity contribution in [1.29, 1.82) is 0 Å². The topological polar surface area (TPSA) is 43.3 Å². The van der Waals surface area contributed by atoms with E-state index < -0.39 is 0 Å². The van der Waals surface area contributed by atoms with E-state index in [1.165, 1.54) is 0 Å². The molecule has 2 heterocycles. The number of nitrogens with zero attached hydrogens (tertiary/aromatic N) is 2. The molecule has 0 saturated heterocycles. The van der Waals surface area contributed by atoms with Crippen LogP contribution in [0.4, 0.5) is 0 Å². The lowest BCUT2D eigenvalue weighted by Gasteiger charge is -2.04. The molecule has 0 spiro atoms. The van der Waals surface area contributed by atoms with Crippen molar-refractivity contribution < 1.29 is 0 Å². The molecule has 4 heteroatoms. The molecule has 3 nitrogen and oxygen atoms in total. The summed E-state index contributed by atoms with van der Waals surface area (Å²) in [6.07, 6.45) is 3.79. The summed E-state index contributed by atoms with van der Waals surface area (Å²) in [6, 6.07) is 3.91. The van der Waals surface area contributed by atoms with Crippen LogP contribution in [0.5, 0.6) is 0 Å². The van der Waals surface area contributed by atoms with Crippen molar-refractivity contribution in [3.05, 3.63) is 34.8 Å². The van der Waals surface area contributed by atoms with E-state index in [1.807, 2.05) is 35.9 Å². The summed E-state index contributed by atoms with van der Waals surface area (Å²) in [5, 5.41) is 0. The van der Waals surface area contributed by atoms with Gasteiger partial charge in [-0.2, -0.15) is 0 Å². The Bertz CT molecular complexity index is 433. The third-order valence-electron chi connectivity index (χ3n) is 1.96. The third-order valence-corrected chi connectivity index (χ3v) is 2.63. The molecule has 0 unspecified atom stereocenters. The molecule has 2 N–H and O–H groups in total. The standard InChI is InChI=1S/C9H10BrN3/c1-6(11)9-12-5-8-7(10)3-2-4-13(8)9/h2-6H,11H2,1H3/t6-/m1/s1. The van der Waals surface area contributed by atoms with Gasteiger partial charge in [-0.05, 0) is 35.0 Å². The molecule has 0 bridgehead atoms. The second kappa shape index (κ2) is 3.12. The number of hydrogen-bond acceptors (Lipinski definition) is 2. The Hall–Kier alpha value is -0.870. The van der Waals surface area contributed by atoms with Crippen molar-refractivity contribution in [2.24, 2.45) is 5.73 Å². The van der Waals surface area contributed by atoms with Gasteiger partial charge in [0.25, 0.3) is 0 Å². The fraction of sp³-hybridized carbons (Fsp3) is 0.222. The zero-order valence-electron chi connectivity index (χ0n) is 7.24. The minimum atomic E-state index is -0.0446. The third kappa shape index (κ3) is 1.36. The zero-order valence-corrected chi connectivity index (χ0v) is 8.82. The van der Waals surface area contributed by atoms with E-state index in [0.717, 1.165) is 15.8 Å². The fourth-order valence-electron chi connectivity index (χ4n) is 1.34. The molecule has 0 aliphatic rings. The van der Waals surface area contributed by atoms with E-state index in [-0.39, 0.29) is 6.04 Å². The summed E-state index contributed by atoms with van der Waals surface area (Å²) in [7, 11) is 0. The van der Waals surface area contributed by atoms with Crippen LogP contribution in [-0.4, -0.2) is 9.38 Å². The number of nitrogens with two attached hydrogens (primary N) is 1. The predicted molar refractivity (Wildman–Crippen MR) is 55.5 cm³/mol. The highest BCUT2D eigenvalue weighted by atomic mass is 79.9. The first-order valence-electron chi connectivity index (χ1n) is 4.07. The first-order valence-corrected chi connectivity index (χ1v) is 4.86. The SMILES string of the molecule is C[C@@H](N)c1ncc2c(Br)cccn12. The maximum absolute atomic E-state index is 5.78. The van der Waals surface area contributed by atoms with Gasteiger partial charge in [-0.15, -0.1) is 0 Å². The van der Waals surface area contributed by atoms with E-state index in [9.17, 15) is 0 Å². The molecule has 0 aliphatic heterocycles. The Labute approximate surface area is 84.7 Å². The first kappa shape index (κ1) is 8.72. The number of aromatic nitrogens is 2. The van der Waals surface area contributed by atoms with Gasteiger partial charge in [-0.3, -0.25) is 0 Å². The van der Waals surface area contributed by atoms with Gasteiger partial charge in [0.05, 0.1) is 17.8 Å². The van der Waals surface area contributed by atoms with Crippen molar-refractivity contribution in [3.8, 4) is 0 Å². The van der Waals surface area contributed by atoms with Crippen molar-refractivity contribution in [2.75, 3.05) is 0 Å². The quantitative estimate of drug-likeness (QED) is 0.829. The number of pyridine rings is 1. The molecular weight excluding hydrogens is 230 g/mol. The van der Waals surface area contributed by atoms with Crippen LogP contribution >= 0.6 is 15.9 Å². The molecule has 68 valence electrons. The van der Waals surface area contributed by atoms with Gasteiger partial charge >= 0.3 is 0 Å². The Morgan fingerprint density at radius 1 is 1.62 bits per heavy atom. The molecule has 0 amide bonds. The van der Waals surface area contributed by atoms with Crippen LogP contribution in [0, 0.1) is 0 Å². The molecule has 0 radical (unpaired) electrons. The molecule has 2 rings (SSSR count). The molecule has 0 fully saturated rings. The molecule has 2 aromatic heterocycles. The smallest absolute Gasteiger partial charge is 0.129 e. The Kier molecular flexibility index (Phi) is 2.09. The average Bonchev–Trinajstić information content (AvgIpc) is 2.48. The normalized spacial score (nSPS) is 13.5. The Morgan fingerprint density at radius 2 is 2.38 bits per heavy atom. The summed E-state index contributed by atoms with van der Waals surface area (Å²) in [4.78, 5) is 4.26. The van der Waals surface area contributed by atoms with Gasteiger partial charge in [-0.25, -0.2) is 4.98 Å². The lowest BCUT2D eigenvalue weighted by atomic mass is 10.3. The number of imidazole rings is 1. The van der Waals surface area contributed by atoms with Crippen molar-refractivity contribution in [3.63, 3.8) is 0 Å². The number of fused-ring (bicyclic) bond motifs is 1. The van der Waals surface area contributed by atoms with Crippen LogP contribution in [0.2, 0.25) is 0 Å². The van der Waals surface area contributed by atoms with Gasteiger partial charge < -0.3 is 10.1 Å². The second-order valence-electron chi connectivity index (χ2n) is 3.02. The average molecular weight is 240 g/mol. The predicted octanol–water partition coefficient (Wildman–Crippen LogP) is 2.12. The van der Waals surface area contributed by atoms with Gasteiger partial charge in [0.15, 0.2) is 0 Å². The maximum Gasteiger partial charge on any atom is 0.129 e. The monoisotopic (exact) mass is 239 g/mol. The van der Waals surface area contributed by atoms with Crippen LogP contribution in [-0.2, 0) is 0 Å². The minimum absolute atomic E-state index is 0.0446. The summed E-state index contributed by atoms with van der Waals surface area (Å²) in [5.41, 5.74) is 6.83. The van der Waals surface area contributed by atoms with E-state index in [1.54, 1.807) is 0 Å². The fourth-order valence-corrected chi connectivity index (χ4v) is 1.79. The number of rotatable bonds is 1. The summed E-state index contributed by atoms with van der Waals surface area (Å²) in [5.74, 6) is 0.885. The van der Waals surface area contributed by atoms with E-state index in [0.29, 0.717) is 0 Å². The van der Waals surface area contributed by atoms with Crippen LogP contribution in [0.15, 0.2) is 29.0 Å². The first-order chi connectivity index (χ1) is 6.20. The van der Waals surface area contributed by atoms with Crippen molar-refractivity contribution >= 4 is 21.4 Å². The highest BCUT2D eigenvalue weighted by Gasteiger charge is 2.08. The molecule has 0 saturated carbocycles. The molecule has 13 heavy (non-hydrogen) atoms. The van der Waals surface area contributed by atoms with Gasteiger partial charge in [0.1, 0.15) is 5.82 Å². The number of hydrogen-bond donors (Lipinski definition) is 1. The van der Waals surface area contributed by atoms with Crippen LogP contribution < -0.4 is 5.73 Å². The molecule has 0 aromatic carbocycles. The van der Waals surface area contributed by atoms with Gasteiger partial charge in [-0.1, -0.05) is 0 Å². The van der Waals surface area contributed by atoms with Gasteiger partial charge in [0.2, 0.25) is 0 Å².